The summed E-state index contributed by atoms with van der Waals surface area (Å²) in [6.07, 6.45) is 2.49. The summed E-state index contributed by atoms with van der Waals surface area (Å²) in [5.74, 6) is 0.725. The highest BCUT2D eigenvalue weighted by atomic mass is 32.1. The molecule has 3 rings (SSSR count). The van der Waals surface area contributed by atoms with Crippen LogP contribution in [-0.2, 0) is 0 Å². The van der Waals surface area contributed by atoms with Gasteiger partial charge in [-0.2, -0.15) is 0 Å². The van der Waals surface area contributed by atoms with Crippen LogP contribution in [0.5, 0.6) is 5.75 Å². The lowest BCUT2D eigenvalue weighted by Gasteiger charge is -2.26. The first-order valence-electron chi connectivity index (χ1n) is 7.97. The lowest BCUT2D eigenvalue weighted by molar-refractivity contribution is 0.0938. The smallest absolute Gasteiger partial charge is 0.251 e. The third-order valence-electron chi connectivity index (χ3n) is 4.26. The molecule has 1 amide bonds. The van der Waals surface area contributed by atoms with Crippen molar-refractivity contribution in [3.8, 4) is 5.75 Å². The molecule has 1 aliphatic heterocycles. The predicted molar refractivity (Wildman–Crippen MR) is 93.2 cm³/mol. The number of nitrogens with zero attached hydrogens (tertiary/aromatic N) is 1. The maximum Gasteiger partial charge on any atom is 0.251 e. The Morgan fingerprint density at radius 1 is 1.26 bits per heavy atom. The van der Waals surface area contributed by atoms with Crippen molar-refractivity contribution >= 4 is 17.2 Å². The Morgan fingerprint density at radius 3 is 2.61 bits per heavy atom. The van der Waals surface area contributed by atoms with E-state index < -0.39 is 0 Å². The van der Waals surface area contributed by atoms with Gasteiger partial charge in [0.1, 0.15) is 5.75 Å². The average molecular weight is 330 g/mol. The van der Waals surface area contributed by atoms with Gasteiger partial charge in [-0.05, 0) is 61.6 Å². The summed E-state index contributed by atoms with van der Waals surface area (Å²) in [4.78, 5) is 16.2. The number of methoxy groups -OCH3 is 1. The molecule has 23 heavy (non-hydrogen) atoms. The van der Waals surface area contributed by atoms with Crippen molar-refractivity contribution in [2.24, 2.45) is 0 Å². The maximum atomic E-state index is 12.4. The number of thiophene rings is 1. The van der Waals surface area contributed by atoms with E-state index in [1.807, 2.05) is 12.1 Å². The molecule has 2 aromatic rings. The molecule has 1 saturated heterocycles. The van der Waals surface area contributed by atoms with Crippen LogP contribution in [-0.4, -0.2) is 37.6 Å². The van der Waals surface area contributed by atoms with Crippen molar-refractivity contribution < 1.29 is 9.53 Å². The Kier molecular flexibility index (Phi) is 5.31. The Balaban J connectivity index is 1.64. The number of nitrogens with one attached hydrogen (secondary N) is 1. The minimum atomic E-state index is -0.0339. The fraction of sp³-hybridized carbons (Fsp3) is 0.389. The SMILES string of the molecule is COc1ccc(C(=O)NCC(c2cccs2)N2CCCC2)cc1. The number of ether oxygens (including phenoxy) is 1. The highest BCUT2D eigenvalue weighted by Crippen LogP contribution is 2.27. The summed E-state index contributed by atoms with van der Waals surface area (Å²) in [6.45, 7) is 2.87. The zero-order valence-electron chi connectivity index (χ0n) is 13.3. The van der Waals surface area contributed by atoms with Crippen LogP contribution in [0.15, 0.2) is 41.8 Å². The summed E-state index contributed by atoms with van der Waals surface area (Å²) in [5, 5.41) is 5.19. The van der Waals surface area contributed by atoms with Gasteiger partial charge in [-0.15, -0.1) is 11.3 Å². The number of benzene rings is 1. The Bertz CT molecular complexity index is 619. The lowest BCUT2D eigenvalue weighted by atomic mass is 10.1. The molecule has 0 bridgehead atoms. The second kappa shape index (κ2) is 7.62. The Hall–Kier alpha value is -1.85. The molecule has 1 unspecified atom stereocenters. The van der Waals surface area contributed by atoms with Gasteiger partial charge < -0.3 is 10.1 Å². The summed E-state index contributed by atoms with van der Waals surface area (Å²) in [6, 6.07) is 11.7. The fourth-order valence-corrected chi connectivity index (χ4v) is 3.84. The number of amides is 1. The maximum absolute atomic E-state index is 12.4. The molecular weight excluding hydrogens is 308 g/mol. The van der Waals surface area contributed by atoms with Crippen molar-refractivity contribution in [1.82, 2.24) is 10.2 Å². The third-order valence-corrected chi connectivity index (χ3v) is 5.23. The standard InChI is InChI=1S/C18H22N2O2S/c1-22-15-8-6-14(7-9-15)18(21)19-13-16(17-5-4-12-23-17)20-10-2-3-11-20/h4-9,12,16H,2-3,10-11,13H2,1H3,(H,19,21). The Labute approximate surface area is 141 Å². The first-order chi connectivity index (χ1) is 11.3. The highest BCUT2D eigenvalue weighted by molar-refractivity contribution is 7.10. The normalized spacial score (nSPS) is 16.2. The minimum Gasteiger partial charge on any atom is -0.497 e. The van der Waals surface area contributed by atoms with Crippen molar-refractivity contribution in [2.75, 3.05) is 26.7 Å². The first-order valence-corrected chi connectivity index (χ1v) is 8.85. The molecule has 2 heterocycles. The van der Waals surface area contributed by atoms with E-state index in [2.05, 4.69) is 27.7 Å². The van der Waals surface area contributed by atoms with Crippen LogP contribution in [0.3, 0.4) is 0 Å². The number of likely N-dealkylation sites (tertiary alicyclic amines) is 1. The quantitative estimate of drug-likeness (QED) is 0.883. The van der Waals surface area contributed by atoms with Crippen LogP contribution in [0.1, 0.15) is 34.1 Å². The Morgan fingerprint density at radius 2 is 2.00 bits per heavy atom. The third kappa shape index (κ3) is 3.92. The van der Waals surface area contributed by atoms with Crippen molar-refractivity contribution in [3.63, 3.8) is 0 Å². The van der Waals surface area contributed by atoms with E-state index >= 15 is 0 Å². The van der Waals surface area contributed by atoms with Gasteiger partial charge in [0.05, 0.1) is 13.2 Å². The molecule has 1 atom stereocenters. The predicted octanol–water partition coefficient (Wildman–Crippen LogP) is 3.32. The van der Waals surface area contributed by atoms with Gasteiger partial charge in [0.15, 0.2) is 0 Å². The summed E-state index contributed by atoms with van der Waals surface area (Å²) in [7, 11) is 1.62. The van der Waals surface area contributed by atoms with E-state index in [1.54, 1.807) is 30.6 Å². The number of carbonyl (C=O) groups excluding carboxylic acids is 1. The van der Waals surface area contributed by atoms with E-state index in [9.17, 15) is 4.79 Å². The van der Waals surface area contributed by atoms with E-state index in [0.717, 1.165) is 18.8 Å². The molecule has 0 aliphatic carbocycles. The first kappa shape index (κ1) is 16.0. The largest absolute Gasteiger partial charge is 0.497 e. The molecule has 4 nitrogen and oxygen atoms in total. The van der Waals surface area contributed by atoms with Crippen LogP contribution >= 0.6 is 11.3 Å². The average Bonchev–Trinajstić information content (AvgIpc) is 3.29. The second-order valence-electron chi connectivity index (χ2n) is 5.71. The van der Waals surface area contributed by atoms with Crippen LogP contribution in [0.25, 0.3) is 0 Å². The number of hydrogen-bond acceptors (Lipinski definition) is 4. The monoisotopic (exact) mass is 330 g/mol. The number of hydrogen-bond donors (Lipinski definition) is 1. The van der Waals surface area contributed by atoms with E-state index in [1.165, 1.54) is 17.7 Å². The number of rotatable bonds is 6. The lowest BCUT2D eigenvalue weighted by Crippen LogP contribution is -2.36. The van der Waals surface area contributed by atoms with Crippen LogP contribution < -0.4 is 10.1 Å². The molecular formula is C18H22N2O2S. The highest BCUT2D eigenvalue weighted by Gasteiger charge is 2.24. The van der Waals surface area contributed by atoms with Gasteiger partial charge >= 0.3 is 0 Å². The van der Waals surface area contributed by atoms with Crippen molar-refractivity contribution in [3.05, 3.63) is 52.2 Å². The van der Waals surface area contributed by atoms with Gasteiger partial charge in [-0.25, -0.2) is 0 Å². The van der Waals surface area contributed by atoms with Crippen LogP contribution in [0.4, 0.5) is 0 Å². The molecule has 0 spiro atoms. The topological polar surface area (TPSA) is 41.6 Å². The van der Waals surface area contributed by atoms with Gasteiger partial charge in [0.25, 0.3) is 5.91 Å². The van der Waals surface area contributed by atoms with Crippen LogP contribution in [0.2, 0.25) is 0 Å². The van der Waals surface area contributed by atoms with Crippen molar-refractivity contribution in [2.45, 2.75) is 18.9 Å². The summed E-state index contributed by atoms with van der Waals surface area (Å²) in [5.41, 5.74) is 0.664. The second-order valence-corrected chi connectivity index (χ2v) is 6.69. The molecule has 1 aromatic carbocycles. The van der Waals surface area contributed by atoms with E-state index in [4.69, 9.17) is 4.74 Å². The molecule has 1 aliphatic rings. The van der Waals surface area contributed by atoms with Gasteiger partial charge in [0.2, 0.25) is 0 Å². The molecule has 0 saturated carbocycles. The summed E-state index contributed by atoms with van der Waals surface area (Å²) >= 11 is 1.76. The minimum absolute atomic E-state index is 0.0339. The van der Waals surface area contributed by atoms with Crippen LogP contribution in [0, 0.1) is 0 Å². The molecule has 1 aromatic heterocycles. The van der Waals surface area contributed by atoms with Crippen molar-refractivity contribution in [1.29, 1.82) is 0 Å². The molecule has 0 radical (unpaired) electrons. The zero-order chi connectivity index (χ0) is 16.1. The van der Waals surface area contributed by atoms with E-state index in [-0.39, 0.29) is 11.9 Å². The summed E-state index contributed by atoms with van der Waals surface area (Å²) < 4.78 is 5.13. The molecule has 122 valence electrons. The molecule has 5 heteroatoms. The van der Waals surface area contributed by atoms with Gasteiger partial charge in [-0.1, -0.05) is 6.07 Å². The fourth-order valence-electron chi connectivity index (χ4n) is 2.98. The zero-order valence-corrected chi connectivity index (χ0v) is 14.1. The van der Waals surface area contributed by atoms with E-state index in [0.29, 0.717) is 12.1 Å². The van der Waals surface area contributed by atoms with Gasteiger partial charge in [-0.3, -0.25) is 9.69 Å². The number of carbonyl (C=O) groups is 1. The molecule has 1 N–H and O–H groups in total. The van der Waals surface area contributed by atoms with Gasteiger partial charge in [0, 0.05) is 17.0 Å². The molecule has 1 fully saturated rings.